The molecule has 1 aliphatic heterocycles. The van der Waals surface area contributed by atoms with Gasteiger partial charge in [0.2, 0.25) is 17.0 Å². The number of hydrogen-bond acceptors (Lipinski definition) is 6. The van der Waals surface area contributed by atoms with Crippen LogP contribution in [0.5, 0.6) is 0 Å². The number of rotatable bonds is 7. The lowest BCUT2D eigenvalue weighted by atomic mass is 9.87. The standard InChI is InChI=1S/C29H27N5O3S/c1-17-9-14-23(18(2)15-17)31-26(35)24-19(3)30-28-32-29(38-16-20-7-5-4-6-8-20)33-34(28)25(24)21-10-12-22(13-11-21)27(36)37/h4-15,24-25H,16H2,1-3H3,(H,31,35)(H,36,37). The van der Waals surface area contributed by atoms with Crippen molar-refractivity contribution in [3.63, 3.8) is 0 Å². The first-order valence-electron chi connectivity index (χ1n) is 12.2. The van der Waals surface area contributed by atoms with Gasteiger partial charge in [-0.1, -0.05) is 71.9 Å². The van der Waals surface area contributed by atoms with Crippen molar-refractivity contribution < 1.29 is 14.7 Å². The first-order chi connectivity index (χ1) is 18.3. The van der Waals surface area contributed by atoms with Crippen LogP contribution >= 0.6 is 11.8 Å². The molecule has 2 unspecified atom stereocenters. The lowest BCUT2D eigenvalue weighted by Gasteiger charge is -2.30. The zero-order valence-corrected chi connectivity index (χ0v) is 22.1. The molecule has 9 heteroatoms. The molecule has 1 aliphatic rings. The van der Waals surface area contributed by atoms with Gasteiger partial charge in [-0.3, -0.25) is 4.79 Å². The van der Waals surface area contributed by atoms with Gasteiger partial charge in [0, 0.05) is 17.2 Å². The molecule has 0 spiro atoms. The Morgan fingerprint density at radius 2 is 1.74 bits per heavy atom. The van der Waals surface area contributed by atoms with Crippen LogP contribution in [-0.4, -0.2) is 37.5 Å². The fraction of sp³-hybridized carbons (Fsp3) is 0.207. The van der Waals surface area contributed by atoms with Gasteiger partial charge in [-0.25, -0.2) is 14.5 Å². The van der Waals surface area contributed by atoms with Gasteiger partial charge in [0.15, 0.2) is 0 Å². The first kappa shape index (κ1) is 25.4. The van der Waals surface area contributed by atoms with Crippen molar-refractivity contribution in [1.29, 1.82) is 0 Å². The molecule has 0 aliphatic carbocycles. The van der Waals surface area contributed by atoms with E-state index in [-0.39, 0.29) is 11.5 Å². The number of carbonyl (C=O) groups excluding carboxylic acids is 1. The predicted octanol–water partition coefficient (Wildman–Crippen LogP) is 5.84. The Morgan fingerprint density at radius 1 is 1.00 bits per heavy atom. The number of benzene rings is 3. The first-order valence-corrected chi connectivity index (χ1v) is 13.2. The second kappa shape index (κ2) is 10.6. The molecule has 2 N–H and O–H groups in total. The van der Waals surface area contributed by atoms with Gasteiger partial charge in [0.25, 0.3) is 0 Å². The molecule has 1 amide bonds. The number of aromatic nitrogens is 3. The van der Waals surface area contributed by atoms with Gasteiger partial charge in [-0.2, -0.15) is 4.98 Å². The molecule has 2 heterocycles. The van der Waals surface area contributed by atoms with E-state index in [1.807, 2.05) is 69.3 Å². The third-order valence-electron chi connectivity index (χ3n) is 6.53. The molecule has 0 saturated heterocycles. The number of carbonyl (C=O) groups is 2. The van der Waals surface area contributed by atoms with Crippen LogP contribution in [-0.2, 0) is 10.5 Å². The Bertz CT molecular complexity index is 1530. The van der Waals surface area contributed by atoms with Crippen LogP contribution in [0, 0.1) is 19.8 Å². The molecule has 0 radical (unpaired) electrons. The van der Waals surface area contributed by atoms with Crippen LogP contribution in [0.25, 0.3) is 0 Å². The molecule has 5 rings (SSSR count). The van der Waals surface area contributed by atoms with E-state index in [2.05, 4.69) is 15.3 Å². The smallest absolute Gasteiger partial charge is 0.335 e. The molecule has 3 aromatic carbocycles. The van der Waals surface area contributed by atoms with Gasteiger partial charge in [0.1, 0.15) is 5.92 Å². The number of anilines is 1. The van der Waals surface area contributed by atoms with Crippen molar-refractivity contribution >= 4 is 41.0 Å². The average molecular weight is 526 g/mol. The Morgan fingerprint density at radius 3 is 2.42 bits per heavy atom. The monoisotopic (exact) mass is 525 g/mol. The number of thioether (sulfide) groups is 1. The topological polar surface area (TPSA) is 109 Å². The molecule has 2 atom stereocenters. The Kier molecular flexibility index (Phi) is 7.11. The molecular formula is C29H27N5O3S. The van der Waals surface area contributed by atoms with Crippen molar-refractivity contribution in [2.24, 2.45) is 10.9 Å². The molecule has 38 heavy (non-hydrogen) atoms. The normalized spacial score (nSPS) is 16.4. The number of nitrogens with zero attached hydrogens (tertiary/aromatic N) is 4. The Labute approximate surface area is 224 Å². The summed E-state index contributed by atoms with van der Waals surface area (Å²) in [5, 5.41) is 17.8. The highest BCUT2D eigenvalue weighted by Gasteiger charge is 2.39. The van der Waals surface area contributed by atoms with E-state index in [0.717, 1.165) is 27.9 Å². The van der Waals surface area contributed by atoms with E-state index >= 15 is 0 Å². The third-order valence-corrected chi connectivity index (χ3v) is 7.44. The van der Waals surface area contributed by atoms with Crippen LogP contribution in [0.2, 0.25) is 0 Å². The number of amides is 1. The molecular weight excluding hydrogens is 498 g/mol. The predicted molar refractivity (Wildman–Crippen MR) is 148 cm³/mol. The number of carboxylic acids is 1. The highest BCUT2D eigenvalue weighted by Crippen LogP contribution is 2.38. The maximum atomic E-state index is 13.7. The summed E-state index contributed by atoms with van der Waals surface area (Å²) in [5.41, 5.74) is 5.49. The maximum Gasteiger partial charge on any atom is 0.335 e. The summed E-state index contributed by atoms with van der Waals surface area (Å²) >= 11 is 1.50. The minimum atomic E-state index is -1.01. The van der Waals surface area contributed by atoms with Crippen LogP contribution in [0.1, 0.15) is 45.6 Å². The zero-order valence-electron chi connectivity index (χ0n) is 21.3. The third kappa shape index (κ3) is 5.24. The highest BCUT2D eigenvalue weighted by atomic mass is 32.2. The lowest BCUT2D eigenvalue weighted by Crippen LogP contribution is -2.39. The largest absolute Gasteiger partial charge is 0.478 e. The van der Waals surface area contributed by atoms with E-state index in [9.17, 15) is 14.7 Å². The summed E-state index contributed by atoms with van der Waals surface area (Å²) in [6.45, 7) is 5.78. The van der Waals surface area contributed by atoms with Gasteiger partial charge in [-0.15, -0.1) is 5.10 Å². The number of aromatic carboxylic acids is 1. The summed E-state index contributed by atoms with van der Waals surface area (Å²) < 4.78 is 1.68. The zero-order chi connectivity index (χ0) is 26.8. The van der Waals surface area contributed by atoms with Crippen molar-refractivity contribution in [3.8, 4) is 0 Å². The van der Waals surface area contributed by atoms with Crippen molar-refractivity contribution in [1.82, 2.24) is 14.8 Å². The molecule has 1 aromatic heterocycles. The molecule has 0 bridgehead atoms. The fourth-order valence-electron chi connectivity index (χ4n) is 4.59. The minimum absolute atomic E-state index is 0.171. The number of fused-ring (bicyclic) bond motifs is 1. The molecule has 8 nitrogen and oxygen atoms in total. The lowest BCUT2D eigenvalue weighted by molar-refractivity contribution is -0.118. The number of aliphatic imine (C=N–C) groups is 1. The van der Waals surface area contributed by atoms with Crippen LogP contribution in [0.15, 0.2) is 82.9 Å². The molecule has 0 fully saturated rings. The summed E-state index contributed by atoms with van der Waals surface area (Å²) in [4.78, 5) is 34.5. The summed E-state index contributed by atoms with van der Waals surface area (Å²) in [7, 11) is 0. The molecule has 4 aromatic rings. The van der Waals surface area contributed by atoms with Crippen LogP contribution in [0.3, 0.4) is 0 Å². The molecule has 0 saturated carbocycles. The fourth-order valence-corrected chi connectivity index (χ4v) is 5.37. The number of nitrogens with one attached hydrogen (secondary N) is 1. The summed E-state index contributed by atoms with van der Waals surface area (Å²) in [6, 6.07) is 21.9. The van der Waals surface area contributed by atoms with Gasteiger partial charge < -0.3 is 10.4 Å². The minimum Gasteiger partial charge on any atom is -0.478 e. The van der Waals surface area contributed by atoms with Gasteiger partial charge >= 0.3 is 5.97 Å². The van der Waals surface area contributed by atoms with E-state index < -0.39 is 17.9 Å². The van der Waals surface area contributed by atoms with Crippen molar-refractivity contribution in [2.75, 3.05) is 5.32 Å². The Balaban J connectivity index is 1.51. The SMILES string of the molecule is CC1=Nc2nc(SCc3ccccc3)nn2C(c2ccc(C(=O)O)cc2)C1C(=O)Nc1ccc(C)cc1C. The van der Waals surface area contributed by atoms with Gasteiger partial charge in [0.05, 0.1) is 11.6 Å². The number of aryl methyl sites for hydroxylation is 2. The second-order valence-electron chi connectivity index (χ2n) is 9.32. The number of carboxylic acid groups (broad SMARTS) is 1. The Hall–Kier alpha value is -4.24. The summed E-state index contributed by atoms with van der Waals surface area (Å²) in [5.74, 6) is -0.788. The van der Waals surface area contributed by atoms with E-state index in [1.165, 1.54) is 11.8 Å². The second-order valence-corrected chi connectivity index (χ2v) is 10.3. The number of hydrogen-bond donors (Lipinski definition) is 2. The van der Waals surface area contributed by atoms with Crippen LogP contribution < -0.4 is 5.32 Å². The quantitative estimate of drug-likeness (QED) is 0.294. The molecule has 192 valence electrons. The van der Waals surface area contributed by atoms with Gasteiger partial charge in [-0.05, 0) is 55.7 Å². The van der Waals surface area contributed by atoms with E-state index in [1.54, 1.807) is 28.9 Å². The highest BCUT2D eigenvalue weighted by molar-refractivity contribution is 7.98. The van der Waals surface area contributed by atoms with E-state index in [0.29, 0.717) is 22.6 Å². The maximum absolute atomic E-state index is 13.7. The van der Waals surface area contributed by atoms with Crippen LogP contribution in [0.4, 0.5) is 11.6 Å². The summed E-state index contributed by atoms with van der Waals surface area (Å²) in [6.07, 6.45) is 0. The van der Waals surface area contributed by atoms with Crippen molar-refractivity contribution in [2.45, 2.75) is 37.7 Å². The van der Waals surface area contributed by atoms with Crippen molar-refractivity contribution in [3.05, 3.63) is 101 Å². The van der Waals surface area contributed by atoms with E-state index in [4.69, 9.17) is 5.10 Å². The average Bonchev–Trinajstić information content (AvgIpc) is 3.31.